The first kappa shape index (κ1) is 12.7. The van der Waals surface area contributed by atoms with Gasteiger partial charge in [-0.2, -0.15) is 0 Å². The quantitative estimate of drug-likeness (QED) is 0.742. The summed E-state index contributed by atoms with van der Waals surface area (Å²) >= 11 is 1.90. The molecule has 0 aliphatic heterocycles. The summed E-state index contributed by atoms with van der Waals surface area (Å²) in [5, 5.41) is 5.68. The van der Waals surface area contributed by atoms with E-state index < -0.39 is 0 Å². The number of rotatable bonds is 7. The molecule has 0 radical (unpaired) electrons. The first-order valence-electron chi connectivity index (χ1n) is 6.07. The lowest BCUT2D eigenvalue weighted by Gasteiger charge is -2.24. The maximum Gasteiger partial charge on any atom is 0.00916 e. The molecule has 0 aliphatic carbocycles. The highest BCUT2D eigenvalue weighted by atomic mass is 32.1. The SMILES string of the molecule is CCNCC(c1cccs1)C(CC)CC. The van der Waals surface area contributed by atoms with E-state index in [1.165, 1.54) is 12.8 Å². The van der Waals surface area contributed by atoms with Crippen LogP contribution in [0.4, 0.5) is 0 Å². The lowest BCUT2D eigenvalue weighted by molar-refractivity contribution is 0.386. The Morgan fingerprint density at radius 2 is 2.00 bits per heavy atom. The lowest BCUT2D eigenvalue weighted by Crippen LogP contribution is -2.25. The topological polar surface area (TPSA) is 12.0 Å². The second-order valence-corrected chi connectivity index (χ2v) is 4.99. The van der Waals surface area contributed by atoms with Gasteiger partial charge in [0.2, 0.25) is 0 Å². The van der Waals surface area contributed by atoms with Gasteiger partial charge in [0.1, 0.15) is 0 Å². The molecule has 0 fully saturated rings. The smallest absolute Gasteiger partial charge is 0.00916 e. The summed E-state index contributed by atoms with van der Waals surface area (Å²) < 4.78 is 0. The van der Waals surface area contributed by atoms with Crippen molar-refractivity contribution in [3.05, 3.63) is 22.4 Å². The van der Waals surface area contributed by atoms with Crippen molar-refractivity contribution in [1.29, 1.82) is 0 Å². The highest BCUT2D eigenvalue weighted by Crippen LogP contribution is 2.31. The van der Waals surface area contributed by atoms with Crippen molar-refractivity contribution in [2.45, 2.75) is 39.5 Å². The standard InChI is InChI=1S/C13H23NS/c1-4-11(5-2)12(10-14-6-3)13-8-7-9-15-13/h7-9,11-12,14H,4-6,10H2,1-3H3. The molecule has 1 aromatic heterocycles. The molecule has 1 rings (SSSR count). The van der Waals surface area contributed by atoms with Crippen molar-refractivity contribution in [2.24, 2.45) is 5.92 Å². The maximum atomic E-state index is 3.49. The molecule has 0 aromatic carbocycles. The molecule has 0 aliphatic rings. The van der Waals surface area contributed by atoms with Crippen LogP contribution in [0.2, 0.25) is 0 Å². The van der Waals surface area contributed by atoms with Crippen LogP contribution in [0, 0.1) is 5.92 Å². The van der Waals surface area contributed by atoms with Gasteiger partial charge >= 0.3 is 0 Å². The predicted molar refractivity (Wildman–Crippen MR) is 69.7 cm³/mol. The average molecular weight is 225 g/mol. The van der Waals surface area contributed by atoms with E-state index in [4.69, 9.17) is 0 Å². The molecule has 0 spiro atoms. The van der Waals surface area contributed by atoms with Gasteiger partial charge in [0, 0.05) is 17.3 Å². The van der Waals surface area contributed by atoms with Crippen LogP contribution < -0.4 is 5.32 Å². The Labute approximate surface area is 97.9 Å². The lowest BCUT2D eigenvalue weighted by atomic mass is 9.86. The van der Waals surface area contributed by atoms with E-state index in [0.29, 0.717) is 5.92 Å². The van der Waals surface area contributed by atoms with Crippen LogP contribution in [0.15, 0.2) is 17.5 Å². The van der Waals surface area contributed by atoms with Gasteiger partial charge in [-0.05, 0) is 23.9 Å². The van der Waals surface area contributed by atoms with Crippen LogP contribution in [-0.2, 0) is 0 Å². The summed E-state index contributed by atoms with van der Waals surface area (Å²) in [4.78, 5) is 1.55. The van der Waals surface area contributed by atoms with Crippen molar-refractivity contribution >= 4 is 11.3 Å². The van der Waals surface area contributed by atoms with Crippen molar-refractivity contribution < 1.29 is 0 Å². The molecule has 1 atom stereocenters. The molecule has 0 amide bonds. The predicted octanol–water partition coefficient (Wildman–Crippen LogP) is 3.88. The zero-order valence-electron chi connectivity index (χ0n) is 10.1. The zero-order chi connectivity index (χ0) is 11.1. The molecule has 0 bridgehead atoms. The van der Waals surface area contributed by atoms with Crippen LogP contribution in [0.1, 0.15) is 44.4 Å². The van der Waals surface area contributed by atoms with Crippen LogP contribution in [0.3, 0.4) is 0 Å². The first-order valence-corrected chi connectivity index (χ1v) is 6.95. The van der Waals surface area contributed by atoms with Gasteiger partial charge in [0.05, 0.1) is 0 Å². The van der Waals surface area contributed by atoms with Crippen molar-refractivity contribution in [1.82, 2.24) is 5.32 Å². The normalized spacial score (nSPS) is 13.3. The summed E-state index contributed by atoms with van der Waals surface area (Å²) in [6, 6.07) is 4.45. The molecule has 86 valence electrons. The number of hydrogen-bond acceptors (Lipinski definition) is 2. The fourth-order valence-electron chi connectivity index (χ4n) is 2.16. The third-order valence-electron chi connectivity index (χ3n) is 3.14. The minimum Gasteiger partial charge on any atom is -0.316 e. The Morgan fingerprint density at radius 3 is 2.47 bits per heavy atom. The van der Waals surface area contributed by atoms with E-state index in [9.17, 15) is 0 Å². The van der Waals surface area contributed by atoms with Gasteiger partial charge in [-0.15, -0.1) is 11.3 Å². The van der Waals surface area contributed by atoms with Crippen molar-refractivity contribution in [2.75, 3.05) is 13.1 Å². The second kappa shape index (κ2) is 7.02. The highest BCUT2D eigenvalue weighted by molar-refractivity contribution is 7.10. The number of thiophene rings is 1. The third-order valence-corrected chi connectivity index (χ3v) is 4.14. The molecular weight excluding hydrogens is 202 g/mol. The minimum atomic E-state index is 0.708. The van der Waals surface area contributed by atoms with Crippen LogP contribution in [0.25, 0.3) is 0 Å². The van der Waals surface area contributed by atoms with Crippen LogP contribution in [-0.4, -0.2) is 13.1 Å². The van der Waals surface area contributed by atoms with E-state index >= 15 is 0 Å². The molecule has 1 nitrogen and oxygen atoms in total. The summed E-state index contributed by atoms with van der Waals surface area (Å²) in [6.45, 7) is 8.99. The Balaban J connectivity index is 2.68. The van der Waals surface area contributed by atoms with E-state index in [1.807, 2.05) is 11.3 Å². The second-order valence-electron chi connectivity index (χ2n) is 4.01. The Bertz CT molecular complexity index is 239. The van der Waals surface area contributed by atoms with Crippen molar-refractivity contribution in [3.63, 3.8) is 0 Å². The monoisotopic (exact) mass is 225 g/mol. The number of hydrogen-bond donors (Lipinski definition) is 1. The molecule has 1 N–H and O–H groups in total. The fourth-order valence-corrected chi connectivity index (χ4v) is 3.08. The largest absolute Gasteiger partial charge is 0.316 e. The van der Waals surface area contributed by atoms with Crippen molar-refractivity contribution in [3.8, 4) is 0 Å². The first-order chi connectivity index (χ1) is 7.33. The minimum absolute atomic E-state index is 0.708. The number of likely N-dealkylation sites (N-methyl/N-ethyl adjacent to an activating group) is 1. The Kier molecular flexibility index (Phi) is 5.96. The van der Waals surface area contributed by atoms with Gasteiger partial charge in [-0.25, -0.2) is 0 Å². The summed E-state index contributed by atoms with van der Waals surface area (Å²) in [5.41, 5.74) is 0. The van der Waals surface area contributed by atoms with E-state index in [1.54, 1.807) is 4.88 Å². The van der Waals surface area contributed by atoms with E-state index in [-0.39, 0.29) is 0 Å². The number of nitrogens with one attached hydrogen (secondary N) is 1. The van der Waals surface area contributed by atoms with Gasteiger partial charge in [0.15, 0.2) is 0 Å². The molecule has 2 heteroatoms. The molecule has 0 saturated heterocycles. The molecule has 1 unspecified atom stereocenters. The molecular formula is C13H23NS. The zero-order valence-corrected chi connectivity index (χ0v) is 10.9. The Hall–Kier alpha value is -0.340. The Morgan fingerprint density at radius 1 is 1.27 bits per heavy atom. The van der Waals surface area contributed by atoms with Crippen LogP contribution in [0.5, 0.6) is 0 Å². The van der Waals surface area contributed by atoms with Gasteiger partial charge < -0.3 is 5.32 Å². The third kappa shape index (κ3) is 3.62. The van der Waals surface area contributed by atoms with Gasteiger partial charge in [-0.3, -0.25) is 0 Å². The summed E-state index contributed by atoms with van der Waals surface area (Å²) in [5.74, 6) is 1.53. The van der Waals surface area contributed by atoms with Gasteiger partial charge in [0.25, 0.3) is 0 Å². The summed E-state index contributed by atoms with van der Waals surface area (Å²) in [6.07, 6.45) is 2.56. The molecule has 1 aromatic rings. The highest BCUT2D eigenvalue weighted by Gasteiger charge is 2.20. The maximum absolute atomic E-state index is 3.49. The molecule has 0 saturated carbocycles. The summed E-state index contributed by atoms with van der Waals surface area (Å²) in [7, 11) is 0. The van der Waals surface area contributed by atoms with E-state index in [0.717, 1.165) is 19.0 Å². The van der Waals surface area contributed by atoms with Gasteiger partial charge in [-0.1, -0.05) is 39.7 Å². The van der Waals surface area contributed by atoms with E-state index in [2.05, 4.69) is 43.6 Å². The van der Waals surface area contributed by atoms with Crippen LogP contribution >= 0.6 is 11.3 Å². The fraction of sp³-hybridized carbons (Fsp3) is 0.692. The average Bonchev–Trinajstić information content (AvgIpc) is 2.77. The molecule has 15 heavy (non-hydrogen) atoms. The molecule has 1 heterocycles.